The largest absolute Gasteiger partial charge is 0.388 e. The van der Waals surface area contributed by atoms with Crippen molar-refractivity contribution in [2.75, 3.05) is 33.4 Å². The van der Waals surface area contributed by atoms with Gasteiger partial charge in [-0.25, -0.2) is 0 Å². The molecular formula is C22H38N2O4. The Morgan fingerprint density at radius 2 is 1.86 bits per heavy atom. The fourth-order valence-electron chi connectivity index (χ4n) is 4.51. The summed E-state index contributed by atoms with van der Waals surface area (Å²) >= 11 is 0. The van der Waals surface area contributed by atoms with Crippen molar-refractivity contribution in [2.45, 2.75) is 70.3 Å². The zero-order valence-electron chi connectivity index (χ0n) is 17.7. The minimum Gasteiger partial charge on any atom is -0.388 e. The van der Waals surface area contributed by atoms with Crippen LogP contribution in [0.5, 0.6) is 0 Å². The van der Waals surface area contributed by atoms with Gasteiger partial charge in [-0.3, -0.25) is 9.59 Å². The zero-order chi connectivity index (χ0) is 20.6. The second-order valence-electron chi connectivity index (χ2n) is 8.75. The van der Waals surface area contributed by atoms with Crippen LogP contribution in [0.25, 0.3) is 0 Å². The number of carbonyl (C=O) groups is 2. The molecule has 6 nitrogen and oxygen atoms in total. The van der Waals surface area contributed by atoms with Gasteiger partial charge in [0.2, 0.25) is 11.8 Å². The van der Waals surface area contributed by atoms with E-state index >= 15 is 0 Å². The number of nitrogens with zero attached hydrogens (tertiary/aromatic N) is 1. The molecule has 0 aromatic heterocycles. The van der Waals surface area contributed by atoms with Crippen LogP contribution in [0.15, 0.2) is 12.7 Å². The number of aliphatic hydroxyl groups is 1. The van der Waals surface area contributed by atoms with E-state index in [2.05, 4.69) is 11.9 Å². The standard InChI is InChI=1S/C22H38N2O4/c1-4-9-21(10-6-5-7-11-21)20(26)23-17-22(27)12-14-24(15-13-22)19(25)18(2)8-16-28-3/h4,18,27H,1,5-17H2,2-3H3,(H,23,26). The zero-order valence-corrected chi connectivity index (χ0v) is 17.7. The monoisotopic (exact) mass is 394 g/mol. The van der Waals surface area contributed by atoms with Crippen LogP contribution in [-0.4, -0.2) is 60.8 Å². The van der Waals surface area contributed by atoms with E-state index in [1.54, 1.807) is 7.11 Å². The van der Waals surface area contributed by atoms with Crippen molar-refractivity contribution >= 4 is 11.8 Å². The summed E-state index contributed by atoms with van der Waals surface area (Å²) in [5.74, 6) is 0.0957. The van der Waals surface area contributed by atoms with E-state index in [1.165, 1.54) is 6.42 Å². The first-order valence-electron chi connectivity index (χ1n) is 10.8. The predicted molar refractivity (Wildman–Crippen MR) is 110 cm³/mol. The fourth-order valence-corrected chi connectivity index (χ4v) is 4.51. The lowest BCUT2D eigenvalue weighted by molar-refractivity contribution is -0.141. The number of carbonyl (C=O) groups excluding carboxylic acids is 2. The molecule has 28 heavy (non-hydrogen) atoms. The Balaban J connectivity index is 1.84. The maximum atomic E-state index is 12.9. The van der Waals surface area contributed by atoms with Crippen molar-refractivity contribution in [1.82, 2.24) is 10.2 Å². The lowest BCUT2D eigenvalue weighted by Gasteiger charge is -2.40. The van der Waals surface area contributed by atoms with E-state index < -0.39 is 5.60 Å². The third kappa shape index (κ3) is 5.80. The van der Waals surface area contributed by atoms with Crippen molar-refractivity contribution in [3.8, 4) is 0 Å². The maximum absolute atomic E-state index is 12.9. The second kappa shape index (κ2) is 10.4. The number of nitrogens with one attached hydrogen (secondary N) is 1. The van der Waals surface area contributed by atoms with Gasteiger partial charge in [0.25, 0.3) is 0 Å². The Hall–Kier alpha value is -1.40. The first-order chi connectivity index (χ1) is 13.4. The van der Waals surface area contributed by atoms with Crippen LogP contribution in [0.3, 0.4) is 0 Å². The molecule has 160 valence electrons. The molecule has 0 aromatic carbocycles. The van der Waals surface area contributed by atoms with Crippen LogP contribution in [0.2, 0.25) is 0 Å². The Morgan fingerprint density at radius 1 is 1.21 bits per heavy atom. The average Bonchev–Trinajstić information content (AvgIpc) is 2.71. The average molecular weight is 395 g/mol. The molecule has 2 N–H and O–H groups in total. The van der Waals surface area contributed by atoms with Gasteiger partial charge >= 0.3 is 0 Å². The lowest BCUT2D eigenvalue weighted by Crippen LogP contribution is -2.54. The Kier molecular flexibility index (Phi) is 8.50. The number of rotatable bonds is 9. The summed E-state index contributed by atoms with van der Waals surface area (Å²) in [6, 6.07) is 0. The summed E-state index contributed by atoms with van der Waals surface area (Å²) in [5.41, 5.74) is -1.30. The first-order valence-corrected chi connectivity index (χ1v) is 10.8. The van der Waals surface area contributed by atoms with Gasteiger partial charge in [0.15, 0.2) is 0 Å². The molecule has 2 fully saturated rings. The minimum atomic E-state index is -0.938. The fraction of sp³-hybridized carbons (Fsp3) is 0.818. The topological polar surface area (TPSA) is 78.9 Å². The molecular weight excluding hydrogens is 356 g/mol. The van der Waals surface area contributed by atoms with Gasteiger partial charge in [-0.1, -0.05) is 32.3 Å². The second-order valence-corrected chi connectivity index (χ2v) is 8.75. The first kappa shape index (κ1) is 22.9. The van der Waals surface area contributed by atoms with Gasteiger partial charge in [-0.15, -0.1) is 6.58 Å². The normalized spacial score (nSPS) is 22.3. The van der Waals surface area contributed by atoms with Crippen molar-refractivity contribution in [3.05, 3.63) is 12.7 Å². The van der Waals surface area contributed by atoms with E-state index in [0.717, 1.165) is 25.7 Å². The molecule has 0 bridgehead atoms. The Labute approximate surface area is 169 Å². The van der Waals surface area contributed by atoms with E-state index in [9.17, 15) is 14.7 Å². The Morgan fingerprint density at radius 3 is 2.43 bits per heavy atom. The van der Waals surface area contributed by atoms with Gasteiger partial charge in [0, 0.05) is 39.3 Å². The Bertz CT molecular complexity index is 535. The van der Waals surface area contributed by atoms with Crippen molar-refractivity contribution in [3.63, 3.8) is 0 Å². The third-order valence-corrected chi connectivity index (χ3v) is 6.59. The van der Waals surface area contributed by atoms with E-state index in [1.807, 2.05) is 17.9 Å². The van der Waals surface area contributed by atoms with Crippen molar-refractivity contribution in [1.29, 1.82) is 0 Å². The molecule has 1 atom stereocenters. The summed E-state index contributed by atoms with van der Waals surface area (Å²) < 4.78 is 5.06. The van der Waals surface area contributed by atoms with Gasteiger partial charge in [0.05, 0.1) is 11.0 Å². The molecule has 1 unspecified atom stereocenters. The van der Waals surface area contributed by atoms with E-state index in [-0.39, 0.29) is 29.7 Å². The van der Waals surface area contributed by atoms with Gasteiger partial charge in [-0.2, -0.15) is 0 Å². The third-order valence-electron chi connectivity index (χ3n) is 6.59. The quantitative estimate of drug-likeness (QED) is 0.589. The van der Waals surface area contributed by atoms with Crippen molar-refractivity contribution < 1.29 is 19.4 Å². The van der Waals surface area contributed by atoms with Crippen LogP contribution in [0, 0.1) is 11.3 Å². The molecule has 2 aliphatic rings. The van der Waals surface area contributed by atoms with Crippen LogP contribution in [-0.2, 0) is 14.3 Å². The minimum absolute atomic E-state index is 0.0484. The van der Waals surface area contributed by atoms with Crippen LogP contribution in [0.4, 0.5) is 0 Å². The molecule has 1 aliphatic heterocycles. The summed E-state index contributed by atoms with van der Waals surface area (Å²) in [7, 11) is 1.64. The molecule has 1 saturated carbocycles. The van der Waals surface area contributed by atoms with Crippen LogP contribution >= 0.6 is 0 Å². The summed E-state index contributed by atoms with van der Waals surface area (Å²) in [5, 5.41) is 13.9. The summed E-state index contributed by atoms with van der Waals surface area (Å²) in [6.07, 6.45) is 9.34. The molecule has 2 amide bonds. The molecule has 0 aromatic rings. The maximum Gasteiger partial charge on any atom is 0.226 e. The number of allylic oxidation sites excluding steroid dienone is 1. The summed E-state index contributed by atoms with van der Waals surface area (Å²) in [4.78, 5) is 27.3. The van der Waals surface area contributed by atoms with Gasteiger partial charge in [-0.05, 0) is 38.5 Å². The SMILES string of the molecule is C=CCC1(C(=O)NCC2(O)CCN(C(=O)C(C)CCOC)CC2)CCCCC1. The molecule has 2 rings (SSSR count). The predicted octanol–water partition coefficient (Wildman–Crippen LogP) is 2.66. The highest BCUT2D eigenvalue weighted by Crippen LogP contribution is 2.40. The number of likely N-dealkylation sites (tertiary alicyclic amines) is 1. The molecule has 1 aliphatic carbocycles. The van der Waals surface area contributed by atoms with Crippen molar-refractivity contribution in [2.24, 2.45) is 11.3 Å². The van der Waals surface area contributed by atoms with Crippen LogP contribution in [0.1, 0.15) is 64.7 Å². The highest BCUT2D eigenvalue weighted by Gasteiger charge is 2.40. The lowest BCUT2D eigenvalue weighted by atomic mass is 9.71. The number of hydrogen-bond donors (Lipinski definition) is 2. The molecule has 6 heteroatoms. The highest BCUT2D eigenvalue weighted by molar-refractivity contribution is 5.83. The van der Waals surface area contributed by atoms with Gasteiger partial charge < -0.3 is 20.1 Å². The molecule has 1 heterocycles. The van der Waals surface area contributed by atoms with E-state index in [4.69, 9.17) is 4.74 Å². The smallest absolute Gasteiger partial charge is 0.226 e. The molecule has 1 saturated heterocycles. The van der Waals surface area contributed by atoms with Gasteiger partial charge in [0.1, 0.15) is 0 Å². The number of amides is 2. The highest BCUT2D eigenvalue weighted by atomic mass is 16.5. The summed E-state index contributed by atoms with van der Waals surface area (Å²) in [6.45, 7) is 7.64. The number of methoxy groups -OCH3 is 1. The molecule has 0 spiro atoms. The molecule has 0 radical (unpaired) electrons. The number of ether oxygens (including phenoxy) is 1. The number of hydrogen-bond acceptors (Lipinski definition) is 4. The number of piperidine rings is 1. The van der Waals surface area contributed by atoms with E-state index in [0.29, 0.717) is 45.4 Å². The van der Waals surface area contributed by atoms with Crippen LogP contribution < -0.4 is 5.32 Å².